The predicted octanol–water partition coefficient (Wildman–Crippen LogP) is 7.32. The molecule has 0 spiro atoms. The summed E-state index contributed by atoms with van der Waals surface area (Å²) in [5, 5.41) is 0. The summed E-state index contributed by atoms with van der Waals surface area (Å²) >= 11 is 0. The molecule has 3 aromatic carbocycles. The average molecular weight is 545 g/mol. The molecule has 0 saturated carbocycles. The van der Waals surface area contributed by atoms with Crippen molar-refractivity contribution in [3.8, 4) is 11.5 Å². The molecule has 1 atom stereocenters. The van der Waals surface area contributed by atoms with E-state index in [-0.39, 0.29) is 17.9 Å². The summed E-state index contributed by atoms with van der Waals surface area (Å²) in [6.07, 6.45) is 10.2. The highest BCUT2D eigenvalue weighted by Gasteiger charge is 2.10. The van der Waals surface area contributed by atoms with Crippen molar-refractivity contribution < 1.29 is 28.5 Å². The number of hydrogen-bond acceptors (Lipinski definition) is 6. The van der Waals surface area contributed by atoms with E-state index in [1.165, 1.54) is 14.2 Å². The molecule has 0 bridgehead atoms. The van der Waals surface area contributed by atoms with Gasteiger partial charge in [-0.1, -0.05) is 61.0 Å². The number of carbonyl (C=O) groups is 2. The lowest BCUT2D eigenvalue weighted by atomic mass is 9.92. The summed E-state index contributed by atoms with van der Waals surface area (Å²) in [5.74, 6) is 1.53. The molecule has 212 valence electrons. The summed E-state index contributed by atoms with van der Waals surface area (Å²) in [7, 11) is 2.80. The standard InChI is InChI=1S/C34H40O6/c1-37-33(35)13-7-6-10-28(26-29-16-20-30(21-17-29)34(36)38-2)15-14-27-18-22-32(23-19-27)40-25-9-8-24-39-31-11-4-3-5-12-31/h3-5,11-12,14-23,28H,6-10,13,24-26H2,1-2H3/b15-14+. The molecule has 0 aliphatic carbocycles. The highest BCUT2D eigenvalue weighted by Crippen LogP contribution is 2.21. The maximum absolute atomic E-state index is 11.7. The Bertz CT molecular complexity index is 1170. The highest BCUT2D eigenvalue weighted by molar-refractivity contribution is 5.89. The van der Waals surface area contributed by atoms with Crippen molar-refractivity contribution in [2.75, 3.05) is 27.4 Å². The van der Waals surface area contributed by atoms with E-state index in [0.717, 1.165) is 61.2 Å². The van der Waals surface area contributed by atoms with E-state index in [4.69, 9.17) is 18.9 Å². The third-order valence-electron chi connectivity index (χ3n) is 6.57. The van der Waals surface area contributed by atoms with Crippen molar-refractivity contribution in [3.05, 3.63) is 102 Å². The van der Waals surface area contributed by atoms with Crippen molar-refractivity contribution in [3.63, 3.8) is 0 Å². The smallest absolute Gasteiger partial charge is 0.337 e. The Morgan fingerprint density at radius 2 is 1.38 bits per heavy atom. The van der Waals surface area contributed by atoms with E-state index in [1.54, 1.807) is 12.1 Å². The van der Waals surface area contributed by atoms with Gasteiger partial charge in [0.05, 0.1) is 33.0 Å². The summed E-state index contributed by atoms with van der Waals surface area (Å²) in [6, 6.07) is 25.5. The first-order valence-corrected chi connectivity index (χ1v) is 13.9. The Hall–Kier alpha value is -4.06. The topological polar surface area (TPSA) is 71.1 Å². The van der Waals surface area contributed by atoms with Crippen molar-refractivity contribution in [1.29, 1.82) is 0 Å². The molecule has 0 saturated heterocycles. The maximum atomic E-state index is 11.7. The fraction of sp³-hybridized carbons (Fsp3) is 0.353. The molecule has 0 aliphatic heterocycles. The zero-order chi connectivity index (χ0) is 28.4. The van der Waals surface area contributed by atoms with Crippen LogP contribution < -0.4 is 9.47 Å². The van der Waals surface area contributed by atoms with Gasteiger partial charge in [0.2, 0.25) is 0 Å². The first-order valence-electron chi connectivity index (χ1n) is 13.9. The molecule has 6 nitrogen and oxygen atoms in total. The van der Waals surface area contributed by atoms with E-state index in [2.05, 4.69) is 24.3 Å². The van der Waals surface area contributed by atoms with Crippen LogP contribution >= 0.6 is 0 Å². The summed E-state index contributed by atoms with van der Waals surface area (Å²) < 4.78 is 21.2. The second-order valence-electron chi connectivity index (χ2n) is 9.62. The molecule has 0 aliphatic rings. The minimum absolute atomic E-state index is 0.173. The molecule has 0 radical (unpaired) electrons. The number of unbranched alkanes of at least 4 members (excludes halogenated alkanes) is 2. The van der Waals surface area contributed by atoms with Crippen molar-refractivity contribution >= 4 is 18.0 Å². The predicted molar refractivity (Wildman–Crippen MR) is 158 cm³/mol. The largest absolute Gasteiger partial charge is 0.494 e. The Morgan fingerprint density at radius 3 is 2.00 bits per heavy atom. The van der Waals surface area contributed by atoms with E-state index >= 15 is 0 Å². The summed E-state index contributed by atoms with van der Waals surface area (Å²) in [6.45, 7) is 1.33. The molecule has 0 heterocycles. The monoisotopic (exact) mass is 544 g/mol. The van der Waals surface area contributed by atoms with Crippen molar-refractivity contribution in [2.45, 2.75) is 44.9 Å². The molecule has 0 N–H and O–H groups in total. The zero-order valence-corrected chi connectivity index (χ0v) is 23.6. The highest BCUT2D eigenvalue weighted by atomic mass is 16.5. The van der Waals surface area contributed by atoms with Gasteiger partial charge in [0.1, 0.15) is 11.5 Å². The Morgan fingerprint density at radius 1 is 0.725 bits per heavy atom. The summed E-state index contributed by atoms with van der Waals surface area (Å²) in [5.41, 5.74) is 2.79. The number of carbonyl (C=O) groups excluding carboxylic acids is 2. The number of methoxy groups -OCH3 is 2. The van der Waals surface area contributed by atoms with Gasteiger partial charge >= 0.3 is 11.9 Å². The van der Waals surface area contributed by atoms with E-state index in [0.29, 0.717) is 25.2 Å². The average Bonchev–Trinajstić information content (AvgIpc) is 3.00. The van der Waals surface area contributed by atoms with Crippen LogP contribution in [-0.2, 0) is 20.7 Å². The van der Waals surface area contributed by atoms with Crippen LogP contribution in [0.2, 0.25) is 0 Å². The van der Waals surface area contributed by atoms with Gasteiger partial charge in [-0.15, -0.1) is 0 Å². The van der Waals surface area contributed by atoms with Gasteiger partial charge in [0, 0.05) is 6.42 Å². The van der Waals surface area contributed by atoms with Gasteiger partial charge in [-0.2, -0.15) is 0 Å². The molecule has 3 rings (SSSR count). The molecule has 0 fully saturated rings. The van der Waals surface area contributed by atoms with Gasteiger partial charge in [0.15, 0.2) is 0 Å². The number of allylic oxidation sites excluding steroid dienone is 1. The van der Waals surface area contributed by atoms with E-state index < -0.39 is 0 Å². The third-order valence-corrected chi connectivity index (χ3v) is 6.57. The van der Waals surface area contributed by atoms with Gasteiger partial charge < -0.3 is 18.9 Å². The molecule has 1 unspecified atom stereocenters. The van der Waals surface area contributed by atoms with Crippen LogP contribution in [0.5, 0.6) is 11.5 Å². The van der Waals surface area contributed by atoms with Gasteiger partial charge in [0.25, 0.3) is 0 Å². The quantitative estimate of drug-likeness (QED) is 0.131. The van der Waals surface area contributed by atoms with Crippen molar-refractivity contribution in [2.24, 2.45) is 5.92 Å². The molecule has 6 heteroatoms. The van der Waals surface area contributed by atoms with Gasteiger partial charge in [-0.25, -0.2) is 4.79 Å². The Labute approximate surface area is 237 Å². The second kappa shape index (κ2) is 17.5. The van der Waals surface area contributed by atoms with Crippen molar-refractivity contribution in [1.82, 2.24) is 0 Å². The third kappa shape index (κ3) is 11.4. The number of ether oxygens (including phenoxy) is 4. The minimum Gasteiger partial charge on any atom is -0.494 e. The molecule has 3 aromatic rings. The lowest BCUT2D eigenvalue weighted by molar-refractivity contribution is -0.140. The van der Waals surface area contributed by atoms with Gasteiger partial charge in [-0.3, -0.25) is 4.79 Å². The molecular weight excluding hydrogens is 504 g/mol. The minimum atomic E-state index is -0.338. The Balaban J connectivity index is 1.48. The van der Waals surface area contributed by atoms with Crippen LogP contribution in [0.25, 0.3) is 6.08 Å². The normalized spacial score (nSPS) is 11.7. The lowest BCUT2D eigenvalue weighted by Crippen LogP contribution is -2.05. The van der Waals surface area contributed by atoms with Crippen LogP contribution in [0.4, 0.5) is 0 Å². The Kier molecular flexibility index (Phi) is 13.3. The fourth-order valence-corrected chi connectivity index (χ4v) is 4.27. The summed E-state index contributed by atoms with van der Waals surface area (Å²) in [4.78, 5) is 23.2. The number of rotatable bonds is 17. The first-order chi connectivity index (χ1) is 19.6. The van der Waals surface area contributed by atoms with E-state index in [1.807, 2.05) is 54.6 Å². The molecule has 40 heavy (non-hydrogen) atoms. The SMILES string of the molecule is COC(=O)CCCCC(/C=C/c1ccc(OCCCCOc2ccccc2)cc1)Cc1ccc(C(=O)OC)cc1. The maximum Gasteiger partial charge on any atom is 0.337 e. The number of hydrogen-bond donors (Lipinski definition) is 0. The van der Waals surface area contributed by atoms with Crippen LogP contribution in [0.3, 0.4) is 0 Å². The number of esters is 2. The van der Waals surface area contributed by atoms with Crippen LogP contribution in [-0.4, -0.2) is 39.4 Å². The zero-order valence-electron chi connectivity index (χ0n) is 23.6. The number of para-hydroxylation sites is 1. The van der Waals surface area contributed by atoms with Crippen LogP contribution in [0.15, 0.2) is 84.9 Å². The lowest BCUT2D eigenvalue weighted by Gasteiger charge is -2.14. The number of benzene rings is 3. The van der Waals surface area contributed by atoms with Crippen LogP contribution in [0, 0.1) is 5.92 Å². The van der Waals surface area contributed by atoms with Gasteiger partial charge in [-0.05, 0) is 85.5 Å². The molecule has 0 amide bonds. The molecular formula is C34H40O6. The fourth-order valence-electron chi connectivity index (χ4n) is 4.27. The van der Waals surface area contributed by atoms with E-state index in [9.17, 15) is 9.59 Å². The first kappa shape index (κ1) is 30.5. The van der Waals surface area contributed by atoms with Crippen LogP contribution in [0.1, 0.15) is 60.0 Å². The molecule has 0 aromatic heterocycles. The second-order valence-corrected chi connectivity index (χ2v) is 9.62.